The van der Waals surface area contributed by atoms with Gasteiger partial charge in [-0.2, -0.15) is 5.26 Å². The maximum Gasteiger partial charge on any atom is 0.0992 e. The van der Waals surface area contributed by atoms with E-state index in [9.17, 15) is 0 Å². The molecule has 0 aliphatic heterocycles. The molecule has 1 nitrogen and oxygen atoms in total. The lowest BCUT2D eigenvalue weighted by molar-refractivity contribution is 0.954. The molecule has 2 rings (SSSR count). The summed E-state index contributed by atoms with van der Waals surface area (Å²) in [7, 11) is 0. The fraction of sp³-hybridized carbons (Fsp3) is 0.211. The Hall–Kier alpha value is -2.51. The van der Waals surface area contributed by atoms with E-state index in [-0.39, 0.29) is 0 Å². The molecular weight excluding hydrogens is 242 g/mol. The minimum absolute atomic E-state index is 0.635. The molecule has 0 fully saturated rings. The van der Waals surface area contributed by atoms with Crippen LogP contribution in [0.2, 0.25) is 0 Å². The minimum Gasteiger partial charge on any atom is -0.192 e. The summed E-state index contributed by atoms with van der Waals surface area (Å²) in [4.78, 5) is 0. The summed E-state index contributed by atoms with van der Waals surface area (Å²) >= 11 is 0. The predicted molar refractivity (Wildman–Crippen MR) is 82.4 cm³/mol. The Bertz CT molecular complexity index is 659. The topological polar surface area (TPSA) is 23.8 Å². The summed E-state index contributed by atoms with van der Waals surface area (Å²) in [5.41, 5.74) is 6.43. The van der Waals surface area contributed by atoms with Gasteiger partial charge >= 0.3 is 0 Å². The zero-order valence-electron chi connectivity index (χ0n) is 11.9. The summed E-state index contributed by atoms with van der Waals surface area (Å²) in [6.07, 6.45) is 7.29. The predicted octanol–water partition coefficient (Wildman–Crippen LogP) is 3.94. The Balaban J connectivity index is 2.19. The van der Waals surface area contributed by atoms with E-state index in [1.54, 1.807) is 6.07 Å². The van der Waals surface area contributed by atoms with Crippen molar-refractivity contribution in [3.63, 3.8) is 0 Å². The van der Waals surface area contributed by atoms with Crippen molar-refractivity contribution in [3.8, 4) is 18.4 Å². The molecule has 20 heavy (non-hydrogen) atoms. The maximum absolute atomic E-state index is 9.02. The van der Waals surface area contributed by atoms with E-state index in [1.807, 2.05) is 12.1 Å². The SMILES string of the molecule is C#Cc1cc(C#N)cc(CCc2cc(C)cc(C)c2)c1. The molecular formula is C19H17N. The van der Waals surface area contributed by atoms with Crippen LogP contribution >= 0.6 is 0 Å². The monoisotopic (exact) mass is 259 g/mol. The number of terminal acetylenes is 1. The van der Waals surface area contributed by atoms with Crippen LogP contribution in [0.15, 0.2) is 36.4 Å². The van der Waals surface area contributed by atoms with Crippen molar-refractivity contribution in [1.82, 2.24) is 0 Å². The molecule has 0 bridgehead atoms. The van der Waals surface area contributed by atoms with Crippen molar-refractivity contribution >= 4 is 0 Å². The lowest BCUT2D eigenvalue weighted by Gasteiger charge is -2.06. The molecule has 0 spiro atoms. The summed E-state index contributed by atoms with van der Waals surface area (Å²) in [5, 5.41) is 9.02. The first-order valence-corrected chi connectivity index (χ1v) is 6.68. The summed E-state index contributed by atoms with van der Waals surface area (Å²) in [6, 6.07) is 14.4. The first kappa shape index (κ1) is 13.9. The van der Waals surface area contributed by atoms with Crippen molar-refractivity contribution in [2.24, 2.45) is 0 Å². The number of benzene rings is 2. The average Bonchev–Trinajstić information content (AvgIpc) is 2.43. The van der Waals surface area contributed by atoms with Gasteiger partial charge in [0.2, 0.25) is 0 Å². The molecule has 0 atom stereocenters. The molecule has 2 aromatic rings. The van der Waals surface area contributed by atoms with Crippen molar-refractivity contribution in [2.45, 2.75) is 26.7 Å². The summed E-state index contributed by atoms with van der Waals surface area (Å²) < 4.78 is 0. The van der Waals surface area contributed by atoms with Gasteiger partial charge in [-0.3, -0.25) is 0 Å². The molecule has 0 radical (unpaired) electrons. The van der Waals surface area contributed by atoms with Crippen molar-refractivity contribution in [1.29, 1.82) is 5.26 Å². The van der Waals surface area contributed by atoms with E-state index < -0.39 is 0 Å². The summed E-state index contributed by atoms with van der Waals surface area (Å²) in [6.45, 7) is 4.23. The lowest BCUT2D eigenvalue weighted by atomic mass is 9.98. The van der Waals surface area contributed by atoms with Gasteiger partial charge < -0.3 is 0 Å². The summed E-state index contributed by atoms with van der Waals surface area (Å²) in [5.74, 6) is 2.61. The molecule has 0 N–H and O–H groups in total. The van der Waals surface area contributed by atoms with Crippen LogP contribution < -0.4 is 0 Å². The largest absolute Gasteiger partial charge is 0.192 e. The van der Waals surface area contributed by atoms with E-state index in [0.717, 1.165) is 24.0 Å². The van der Waals surface area contributed by atoms with Gasteiger partial charge in [0.05, 0.1) is 11.6 Å². The Morgan fingerprint density at radius 1 is 0.850 bits per heavy atom. The van der Waals surface area contributed by atoms with E-state index in [2.05, 4.69) is 44.0 Å². The van der Waals surface area contributed by atoms with Gasteiger partial charge in [0.15, 0.2) is 0 Å². The van der Waals surface area contributed by atoms with Gasteiger partial charge in [0.1, 0.15) is 0 Å². The van der Waals surface area contributed by atoms with Crippen LogP contribution in [-0.4, -0.2) is 0 Å². The molecule has 1 heteroatoms. The minimum atomic E-state index is 0.635. The number of rotatable bonds is 3. The second-order valence-corrected chi connectivity index (χ2v) is 5.17. The standard InChI is InChI=1S/C19H17N/c1-4-16-10-18(12-19(11-16)13-20)6-5-17-8-14(2)7-15(3)9-17/h1,7-12H,5-6H2,2-3H3. The number of nitrogens with zero attached hydrogens (tertiary/aromatic N) is 1. The highest BCUT2D eigenvalue weighted by Gasteiger charge is 2.02. The number of hydrogen-bond acceptors (Lipinski definition) is 1. The Morgan fingerprint density at radius 2 is 1.40 bits per heavy atom. The fourth-order valence-electron chi connectivity index (χ4n) is 2.49. The second kappa shape index (κ2) is 6.09. The fourth-order valence-corrected chi connectivity index (χ4v) is 2.49. The van der Waals surface area contributed by atoms with E-state index in [1.165, 1.54) is 16.7 Å². The van der Waals surface area contributed by atoms with E-state index in [4.69, 9.17) is 11.7 Å². The molecule has 0 aliphatic carbocycles. The van der Waals surface area contributed by atoms with Crippen LogP contribution in [0.3, 0.4) is 0 Å². The third-order valence-electron chi connectivity index (χ3n) is 3.27. The molecule has 0 saturated heterocycles. The van der Waals surface area contributed by atoms with Gasteiger partial charge in [-0.05, 0) is 56.0 Å². The van der Waals surface area contributed by atoms with Crippen LogP contribution in [0.5, 0.6) is 0 Å². The molecule has 0 aromatic heterocycles. The van der Waals surface area contributed by atoms with Crippen molar-refractivity contribution in [2.75, 3.05) is 0 Å². The maximum atomic E-state index is 9.02. The number of nitriles is 1. The van der Waals surface area contributed by atoms with Crippen LogP contribution in [0.4, 0.5) is 0 Å². The quantitative estimate of drug-likeness (QED) is 0.766. The Labute approximate surface area is 120 Å². The van der Waals surface area contributed by atoms with Gasteiger partial charge in [-0.1, -0.05) is 35.2 Å². The van der Waals surface area contributed by atoms with Crippen LogP contribution in [0.25, 0.3) is 0 Å². The van der Waals surface area contributed by atoms with Gasteiger partial charge in [0, 0.05) is 5.56 Å². The second-order valence-electron chi connectivity index (χ2n) is 5.17. The lowest BCUT2D eigenvalue weighted by Crippen LogP contribution is -1.95. The average molecular weight is 259 g/mol. The molecule has 0 aliphatic rings. The molecule has 0 heterocycles. The van der Waals surface area contributed by atoms with Crippen molar-refractivity contribution in [3.05, 3.63) is 69.8 Å². The zero-order valence-corrected chi connectivity index (χ0v) is 11.9. The van der Waals surface area contributed by atoms with Gasteiger partial charge in [-0.25, -0.2) is 0 Å². The smallest absolute Gasteiger partial charge is 0.0992 e. The molecule has 2 aromatic carbocycles. The number of aryl methyl sites for hydroxylation is 4. The first-order valence-electron chi connectivity index (χ1n) is 6.68. The Morgan fingerprint density at radius 3 is 1.95 bits per heavy atom. The molecule has 0 saturated carbocycles. The van der Waals surface area contributed by atoms with E-state index in [0.29, 0.717) is 5.56 Å². The highest BCUT2D eigenvalue weighted by Crippen LogP contribution is 2.14. The van der Waals surface area contributed by atoms with Crippen LogP contribution in [0, 0.1) is 37.5 Å². The third kappa shape index (κ3) is 3.50. The molecule has 0 amide bonds. The highest BCUT2D eigenvalue weighted by molar-refractivity contribution is 5.44. The van der Waals surface area contributed by atoms with E-state index >= 15 is 0 Å². The normalized spacial score (nSPS) is 9.80. The molecule has 98 valence electrons. The third-order valence-corrected chi connectivity index (χ3v) is 3.27. The van der Waals surface area contributed by atoms with Gasteiger partial charge in [-0.15, -0.1) is 6.42 Å². The van der Waals surface area contributed by atoms with Gasteiger partial charge in [0.25, 0.3) is 0 Å². The van der Waals surface area contributed by atoms with Crippen LogP contribution in [0.1, 0.15) is 33.4 Å². The highest BCUT2D eigenvalue weighted by atomic mass is 14.2. The zero-order chi connectivity index (χ0) is 14.5. The molecule has 0 unspecified atom stereocenters. The first-order chi connectivity index (χ1) is 9.60. The number of hydrogen-bond donors (Lipinski definition) is 0. The van der Waals surface area contributed by atoms with Crippen LogP contribution in [-0.2, 0) is 12.8 Å². The van der Waals surface area contributed by atoms with Crippen molar-refractivity contribution < 1.29 is 0 Å². The Kier molecular flexibility index (Phi) is 4.24.